The van der Waals surface area contributed by atoms with E-state index in [9.17, 15) is 10.4 Å². The normalized spacial score (nSPS) is 10.4. The summed E-state index contributed by atoms with van der Waals surface area (Å²) in [6.07, 6.45) is 0. The van der Waals surface area contributed by atoms with Crippen molar-refractivity contribution in [1.29, 1.82) is 5.26 Å². The van der Waals surface area contributed by atoms with E-state index < -0.39 is 0 Å². The van der Waals surface area contributed by atoms with E-state index in [2.05, 4.69) is 21.0 Å². The number of aromatic nitrogens is 3. The first-order valence-corrected chi connectivity index (χ1v) is 9.40. The van der Waals surface area contributed by atoms with Crippen LogP contribution < -0.4 is 9.47 Å². The molecular formula is C24H18N4O3. The van der Waals surface area contributed by atoms with Crippen molar-refractivity contribution in [3.05, 3.63) is 72.3 Å². The highest BCUT2D eigenvalue weighted by Gasteiger charge is 2.17. The van der Waals surface area contributed by atoms with Gasteiger partial charge in [-0.15, -0.1) is 0 Å². The molecule has 31 heavy (non-hydrogen) atoms. The van der Waals surface area contributed by atoms with Crippen molar-refractivity contribution in [2.75, 3.05) is 14.2 Å². The van der Waals surface area contributed by atoms with Crippen molar-refractivity contribution in [2.45, 2.75) is 0 Å². The van der Waals surface area contributed by atoms with Crippen LogP contribution in [0.1, 0.15) is 5.56 Å². The Hall–Kier alpha value is -4.44. The van der Waals surface area contributed by atoms with E-state index in [-0.39, 0.29) is 5.75 Å². The zero-order chi connectivity index (χ0) is 21.8. The molecule has 7 nitrogen and oxygen atoms in total. The maximum atomic E-state index is 10.5. The van der Waals surface area contributed by atoms with E-state index in [1.54, 1.807) is 30.3 Å². The largest absolute Gasteiger partial charge is 0.507 e. The molecule has 4 aromatic rings. The Kier molecular flexibility index (Phi) is 5.45. The van der Waals surface area contributed by atoms with Crippen molar-refractivity contribution >= 4 is 0 Å². The number of benzene rings is 3. The summed E-state index contributed by atoms with van der Waals surface area (Å²) in [5.74, 6) is 2.09. The average molecular weight is 410 g/mol. The second-order valence-electron chi connectivity index (χ2n) is 6.58. The van der Waals surface area contributed by atoms with E-state index in [1.807, 2.05) is 30.3 Å². The Bertz CT molecular complexity index is 1280. The quantitative estimate of drug-likeness (QED) is 0.518. The van der Waals surface area contributed by atoms with E-state index in [1.165, 1.54) is 20.3 Å². The Balaban J connectivity index is 1.95. The zero-order valence-corrected chi connectivity index (χ0v) is 16.9. The molecule has 1 N–H and O–H groups in total. The van der Waals surface area contributed by atoms with E-state index in [0.29, 0.717) is 45.7 Å². The zero-order valence-electron chi connectivity index (χ0n) is 16.9. The van der Waals surface area contributed by atoms with Gasteiger partial charge in [-0.2, -0.15) is 5.26 Å². The number of phenolic OH excluding ortho intramolecular Hbond substituents is 1. The molecule has 0 amide bonds. The monoisotopic (exact) mass is 410 g/mol. The number of rotatable bonds is 5. The van der Waals surface area contributed by atoms with E-state index in [0.717, 1.165) is 5.56 Å². The predicted molar refractivity (Wildman–Crippen MR) is 116 cm³/mol. The molecule has 0 aliphatic heterocycles. The predicted octanol–water partition coefficient (Wildman–Crippen LogP) is 4.47. The first kappa shape index (κ1) is 19.9. The lowest BCUT2D eigenvalue weighted by Crippen LogP contribution is -2.01. The fraction of sp³-hybridized carbons (Fsp3) is 0.0833. The van der Waals surface area contributed by atoms with Gasteiger partial charge >= 0.3 is 0 Å². The number of phenols is 1. The van der Waals surface area contributed by atoms with Gasteiger partial charge in [-0.05, 0) is 30.3 Å². The van der Waals surface area contributed by atoms with Crippen molar-refractivity contribution in [2.24, 2.45) is 0 Å². The standard InChI is InChI=1S/C24H18N4O3/c1-30-17-9-11-18(20(29)13-17)23-26-22(16-6-4-3-5-7-16)27-24(28-23)19-10-8-15(14-25)12-21(19)31-2/h3-13,29H,1-2H3. The van der Waals surface area contributed by atoms with Crippen LogP contribution >= 0.6 is 0 Å². The van der Waals surface area contributed by atoms with Gasteiger partial charge in [-0.25, -0.2) is 15.0 Å². The number of hydrogen-bond acceptors (Lipinski definition) is 7. The van der Waals surface area contributed by atoms with Crippen LogP contribution in [-0.2, 0) is 0 Å². The number of nitrogens with zero attached hydrogens (tertiary/aromatic N) is 4. The third-order valence-electron chi connectivity index (χ3n) is 4.68. The van der Waals surface area contributed by atoms with Gasteiger partial charge in [0.1, 0.15) is 17.2 Å². The summed E-state index contributed by atoms with van der Waals surface area (Å²) in [5, 5.41) is 19.7. The van der Waals surface area contributed by atoms with E-state index in [4.69, 9.17) is 9.47 Å². The van der Waals surface area contributed by atoms with Gasteiger partial charge in [0.05, 0.1) is 37.0 Å². The lowest BCUT2D eigenvalue weighted by Gasteiger charge is -2.12. The average Bonchev–Trinajstić information content (AvgIpc) is 2.83. The van der Waals surface area contributed by atoms with Crippen molar-refractivity contribution < 1.29 is 14.6 Å². The summed E-state index contributed by atoms with van der Waals surface area (Å²) in [5.41, 5.74) is 2.31. The third kappa shape index (κ3) is 4.00. The van der Waals surface area contributed by atoms with Gasteiger partial charge in [0.25, 0.3) is 0 Å². The maximum Gasteiger partial charge on any atom is 0.167 e. The van der Waals surface area contributed by atoms with Crippen LogP contribution in [0.2, 0.25) is 0 Å². The number of nitriles is 1. The van der Waals surface area contributed by atoms with Crippen LogP contribution in [0.3, 0.4) is 0 Å². The molecule has 0 saturated carbocycles. The summed E-state index contributed by atoms with van der Waals surface area (Å²) in [6, 6.07) is 21.5. The number of methoxy groups -OCH3 is 2. The van der Waals surface area contributed by atoms with Gasteiger partial charge in [-0.3, -0.25) is 0 Å². The molecule has 0 aliphatic carbocycles. The highest BCUT2D eigenvalue weighted by molar-refractivity contribution is 5.73. The first-order chi connectivity index (χ1) is 15.1. The summed E-state index contributed by atoms with van der Waals surface area (Å²) in [4.78, 5) is 13.8. The smallest absolute Gasteiger partial charge is 0.167 e. The summed E-state index contributed by atoms with van der Waals surface area (Å²) >= 11 is 0. The summed E-state index contributed by atoms with van der Waals surface area (Å²) in [7, 11) is 3.05. The van der Waals surface area contributed by atoms with Gasteiger partial charge in [0, 0.05) is 11.6 Å². The first-order valence-electron chi connectivity index (χ1n) is 9.40. The van der Waals surface area contributed by atoms with Gasteiger partial charge in [-0.1, -0.05) is 30.3 Å². The minimum absolute atomic E-state index is 0.0118. The molecule has 0 atom stereocenters. The molecule has 0 radical (unpaired) electrons. The van der Waals surface area contributed by atoms with Crippen LogP contribution in [0, 0.1) is 11.3 Å². The molecule has 0 aliphatic rings. The van der Waals surface area contributed by atoms with Gasteiger partial charge in [0.2, 0.25) is 0 Å². The molecule has 152 valence electrons. The minimum atomic E-state index is -0.0118. The Labute approximate surface area is 179 Å². The molecule has 4 rings (SSSR count). The van der Waals surface area contributed by atoms with Crippen molar-refractivity contribution in [3.63, 3.8) is 0 Å². The fourth-order valence-corrected chi connectivity index (χ4v) is 3.11. The minimum Gasteiger partial charge on any atom is -0.507 e. The van der Waals surface area contributed by atoms with Gasteiger partial charge < -0.3 is 14.6 Å². The maximum absolute atomic E-state index is 10.5. The van der Waals surface area contributed by atoms with Crippen LogP contribution in [0.4, 0.5) is 0 Å². The van der Waals surface area contributed by atoms with Crippen LogP contribution in [0.25, 0.3) is 34.2 Å². The molecule has 1 aromatic heterocycles. The van der Waals surface area contributed by atoms with Crippen LogP contribution in [-0.4, -0.2) is 34.3 Å². The van der Waals surface area contributed by atoms with Crippen molar-refractivity contribution in [1.82, 2.24) is 15.0 Å². The molecule has 0 bridgehead atoms. The summed E-state index contributed by atoms with van der Waals surface area (Å²) < 4.78 is 10.6. The highest BCUT2D eigenvalue weighted by atomic mass is 16.5. The Morgan fingerprint density at radius 2 is 1.45 bits per heavy atom. The van der Waals surface area contributed by atoms with Crippen molar-refractivity contribution in [3.8, 4) is 57.5 Å². The number of hydrogen-bond donors (Lipinski definition) is 1. The molecule has 1 heterocycles. The Morgan fingerprint density at radius 3 is 2.10 bits per heavy atom. The number of aromatic hydroxyl groups is 1. The van der Waals surface area contributed by atoms with Crippen LogP contribution in [0.5, 0.6) is 17.2 Å². The van der Waals surface area contributed by atoms with Crippen LogP contribution in [0.15, 0.2) is 66.7 Å². The Morgan fingerprint density at radius 1 is 0.774 bits per heavy atom. The second kappa shape index (κ2) is 8.51. The molecule has 3 aromatic carbocycles. The second-order valence-corrected chi connectivity index (χ2v) is 6.58. The lowest BCUT2D eigenvalue weighted by molar-refractivity contribution is 0.408. The third-order valence-corrected chi connectivity index (χ3v) is 4.68. The topological polar surface area (TPSA) is 101 Å². The van der Waals surface area contributed by atoms with E-state index >= 15 is 0 Å². The number of ether oxygens (including phenoxy) is 2. The molecular weight excluding hydrogens is 392 g/mol. The molecule has 0 fully saturated rings. The van der Waals surface area contributed by atoms with Gasteiger partial charge in [0.15, 0.2) is 17.5 Å². The molecule has 0 saturated heterocycles. The molecule has 0 unspecified atom stereocenters. The highest BCUT2D eigenvalue weighted by Crippen LogP contribution is 2.34. The molecule has 0 spiro atoms. The molecule has 7 heteroatoms. The fourth-order valence-electron chi connectivity index (χ4n) is 3.11. The lowest BCUT2D eigenvalue weighted by atomic mass is 10.1. The summed E-state index contributed by atoms with van der Waals surface area (Å²) in [6.45, 7) is 0. The SMILES string of the molecule is COc1ccc(-c2nc(-c3ccccc3)nc(-c3ccc(C#N)cc3OC)n2)c(O)c1.